The zero-order valence-corrected chi connectivity index (χ0v) is 10.3. The van der Waals surface area contributed by atoms with E-state index in [0.717, 1.165) is 11.1 Å². The second kappa shape index (κ2) is 4.97. The van der Waals surface area contributed by atoms with Crippen molar-refractivity contribution in [3.8, 4) is 5.75 Å². The summed E-state index contributed by atoms with van der Waals surface area (Å²) in [4.78, 5) is 0.603. The molecule has 0 amide bonds. The Morgan fingerprint density at radius 2 is 1.82 bits per heavy atom. The third kappa shape index (κ3) is 2.82. The van der Waals surface area contributed by atoms with E-state index in [2.05, 4.69) is 5.32 Å². The summed E-state index contributed by atoms with van der Waals surface area (Å²) in [5.74, 6) is 0.203. The van der Waals surface area contributed by atoms with Crippen LogP contribution in [0.25, 0.3) is 0 Å². The minimum absolute atomic E-state index is 0.203. The highest BCUT2D eigenvalue weighted by Crippen LogP contribution is 2.24. The van der Waals surface area contributed by atoms with Gasteiger partial charge in [0.05, 0.1) is 5.69 Å². The topological polar surface area (TPSA) is 32.3 Å². The quantitative estimate of drug-likeness (QED) is 0.625. The van der Waals surface area contributed by atoms with E-state index in [4.69, 9.17) is 12.2 Å². The largest absolute Gasteiger partial charge is 0.506 e. The Labute approximate surface area is 106 Å². The van der Waals surface area contributed by atoms with Crippen molar-refractivity contribution in [3.05, 3.63) is 59.7 Å². The Balaban J connectivity index is 2.22. The zero-order chi connectivity index (χ0) is 12.3. The van der Waals surface area contributed by atoms with Gasteiger partial charge in [-0.1, -0.05) is 48.6 Å². The van der Waals surface area contributed by atoms with Crippen LogP contribution in [-0.4, -0.2) is 10.1 Å². The Morgan fingerprint density at radius 3 is 2.53 bits per heavy atom. The first kappa shape index (κ1) is 11.6. The van der Waals surface area contributed by atoms with E-state index in [1.807, 2.05) is 49.4 Å². The molecule has 0 aliphatic rings. The molecule has 0 fully saturated rings. The average Bonchev–Trinajstić information content (AvgIpc) is 2.35. The molecule has 0 aliphatic heterocycles. The van der Waals surface area contributed by atoms with Crippen LogP contribution >= 0.6 is 12.2 Å². The molecule has 0 heterocycles. The van der Waals surface area contributed by atoms with E-state index >= 15 is 0 Å². The van der Waals surface area contributed by atoms with Gasteiger partial charge in [0.15, 0.2) is 0 Å². The third-order valence-corrected chi connectivity index (χ3v) is 2.77. The number of rotatable bonds is 2. The standard InChI is InChI=1S/C14H13NOS/c1-10-7-8-13(16)12(9-10)15-14(17)11-5-3-2-4-6-11/h2-9,16H,1H3,(H,15,17). The zero-order valence-electron chi connectivity index (χ0n) is 9.47. The van der Waals surface area contributed by atoms with Crippen molar-refractivity contribution in [3.63, 3.8) is 0 Å². The average molecular weight is 243 g/mol. The predicted molar refractivity (Wildman–Crippen MR) is 74.6 cm³/mol. The molecule has 2 nitrogen and oxygen atoms in total. The molecule has 2 rings (SSSR count). The Bertz CT molecular complexity index is 537. The second-order valence-electron chi connectivity index (χ2n) is 3.84. The van der Waals surface area contributed by atoms with Gasteiger partial charge in [-0.3, -0.25) is 0 Å². The third-order valence-electron chi connectivity index (χ3n) is 2.44. The number of benzene rings is 2. The van der Waals surface area contributed by atoms with Crippen LogP contribution in [-0.2, 0) is 0 Å². The van der Waals surface area contributed by atoms with E-state index in [1.54, 1.807) is 6.07 Å². The summed E-state index contributed by atoms with van der Waals surface area (Å²) in [6.07, 6.45) is 0. The molecule has 2 aromatic rings. The Morgan fingerprint density at radius 1 is 1.12 bits per heavy atom. The number of anilines is 1. The molecule has 0 saturated heterocycles. The van der Waals surface area contributed by atoms with Crippen molar-refractivity contribution in [2.75, 3.05) is 5.32 Å². The molecule has 3 heteroatoms. The van der Waals surface area contributed by atoms with Gasteiger partial charge in [-0.05, 0) is 24.6 Å². The summed E-state index contributed by atoms with van der Waals surface area (Å²) < 4.78 is 0. The van der Waals surface area contributed by atoms with Gasteiger partial charge >= 0.3 is 0 Å². The molecule has 0 aromatic heterocycles. The van der Waals surface area contributed by atoms with Crippen LogP contribution < -0.4 is 5.32 Å². The van der Waals surface area contributed by atoms with Gasteiger partial charge in [0.2, 0.25) is 0 Å². The lowest BCUT2D eigenvalue weighted by Gasteiger charge is -2.10. The molecule has 0 saturated carbocycles. The van der Waals surface area contributed by atoms with Gasteiger partial charge in [0.1, 0.15) is 10.7 Å². The molecular formula is C14H13NOS. The molecule has 17 heavy (non-hydrogen) atoms. The minimum Gasteiger partial charge on any atom is -0.506 e. The van der Waals surface area contributed by atoms with Crippen molar-refractivity contribution in [1.29, 1.82) is 0 Å². The predicted octanol–water partition coefficient (Wildman–Crippen LogP) is 3.49. The molecular weight excluding hydrogens is 230 g/mol. The molecule has 2 N–H and O–H groups in total. The molecule has 2 aromatic carbocycles. The van der Waals surface area contributed by atoms with Crippen LogP contribution in [0.1, 0.15) is 11.1 Å². The minimum atomic E-state index is 0.203. The fraction of sp³-hybridized carbons (Fsp3) is 0.0714. The van der Waals surface area contributed by atoms with Crippen molar-refractivity contribution < 1.29 is 5.11 Å². The van der Waals surface area contributed by atoms with Gasteiger partial charge in [0, 0.05) is 5.56 Å². The van der Waals surface area contributed by atoms with E-state index < -0.39 is 0 Å². The number of phenolic OH excluding ortho intramolecular Hbond substituents is 1. The number of phenols is 1. The number of nitrogens with one attached hydrogen (secondary N) is 1. The fourth-order valence-corrected chi connectivity index (χ4v) is 1.78. The number of aryl methyl sites for hydroxylation is 1. The SMILES string of the molecule is Cc1ccc(O)c(NC(=S)c2ccccc2)c1. The van der Waals surface area contributed by atoms with E-state index in [-0.39, 0.29) is 5.75 Å². The molecule has 86 valence electrons. The Kier molecular flexibility index (Phi) is 3.40. The molecule has 0 unspecified atom stereocenters. The van der Waals surface area contributed by atoms with Crippen molar-refractivity contribution in [1.82, 2.24) is 0 Å². The van der Waals surface area contributed by atoms with Gasteiger partial charge in [-0.2, -0.15) is 0 Å². The number of hydrogen-bond acceptors (Lipinski definition) is 2. The van der Waals surface area contributed by atoms with Crippen LogP contribution in [0.5, 0.6) is 5.75 Å². The molecule has 0 aliphatic carbocycles. The van der Waals surface area contributed by atoms with Gasteiger partial charge in [-0.15, -0.1) is 0 Å². The van der Waals surface area contributed by atoms with Gasteiger partial charge in [-0.25, -0.2) is 0 Å². The summed E-state index contributed by atoms with van der Waals surface area (Å²) in [6.45, 7) is 1.97. The lowest BCUT2D eigenvalue weighted by atomic mass is 10.2. The smallest absolute Gasteiger partial charge is 0.139 e. The van der Waals surface area contributed by atoms with Crippen molar-refractivity contribution >= 4 is 22.9 Å². The van der Waals surface area contributed by atoms with Crippen molar-refractivity contribution in [2.24, 2.45) is 0 Å². The van der Waals surface area contributed by atoms with Gasteiger partial charge < -0.3 is 10.4 Å². The van der Waals surface area contributed by atoms with Crippen LogP contribution in [0.4, 0.5) is 5.69 Å². The van der Waals surface area contributed by atoms with E-state index in [0.29, 0.717) is 10.7 Å². The number of thiocarbonyl (C=S) groups is 1. The molecule has 0 spiro atoms. The van der Waals surface area contributed by atoms with Crippen LogP contribution in [0.15, 0.2) is 48.5 Å². The van der Waals surface area contributed by atoms with Crippen LogP contribution in [0, 0.1) is 6.92 Å². The monoisotopic (exact) mass is 243 g/mol. The fourth-order valence-electron chi connectivity index (χ4n) is 1.53. The highest BCUT2D eigenvalue weighted by atomic mass is 32.1. The maximum absolute atomic E-state index is 9.71. The molecule has 0 radical (unpaired) electrons. The summed E-state index contributed by atoms with van der Waals surface area (Å²) >= 11 is 5.28. The van der Waals surface area contributed by atoms with Crippen molar-refractivity contribution in [2.45, 2.75) is 6.92 Å². The van der Waals surface area contributed by atoms with E-state index in [1.165, 1.54) is 0 Å². The van der Waals surface area contributed by atoms with Gasteiger partial charge in [0.25, 0.3) is 0 Å². The number of aromatic hydroxyl groups is 1. The summed E-state index contributed by atoms with van der Waals surface area (Å²) in [5, 5.41) is 12.8. The second-order valence-corrected chi connectivity index (χ2v) is 4.25. The lowest BCUT2D eigenvalue weighted by Crippen LogP contribution is -2.10. The first-order valence-corrected chi connectivity index (χ1v) is 5.73. The van der Waals surface area contributed by atoms with E-state index in [9.17, 15) is 5.11 Å². The highest BCUT2D eigenvalue weighted by Gasteiger charge is 2.05. The first-order chi connectivity index (χ1) is 8.16. The Hall–Kier alpha value is -1.87. The molecule has 0 bridgehead atoms. The maximum Gasteiger partial charge on any atom is 0.139 e. The van der Waals surface area contributed by atoms with Crippen LogP contribution in [0.3, 0.4) is 0 Å². The summed E-state index contributed by atoms with van der Waals surface area (Å²) in [7, 11) is 0. The first-order valence-electron chi connectivity index (χ1n) is 5.33. The summed E-state index contributed by atoms with van der Waals surface area (Å²) in [6, 6.07) is 15.0. The maximum atomic E-state index is 9.71. The highest BCUT2D eigenvalue weighted by molar-refractivity contribution is 7.81. The number of hydrogen-bond donors (Lipinski definition) is 2. The normalized spacial score (nSPS) is 9.94. The summed E-state index contributed by atoms with van der Waals surface area (Å²) in [5.41, 5.74) is 2.64. The molecule has 0 atom stereocenters. The van der Waals surface area contributed by atoms with Crippen LogP contribution in [0.2, 0.25) is 0 Å². The lowest BCUT2D eigenvalue weighted by molar-refractivity contribution is 0.478.